The predicted molar refractivity (Wildman–Crippen MR) is 54.5 cm³/mol. The van der Waals surface area contributed by atoms with Gasteiger partial charge in [-0.15, -0.1) is 0 Å². The maximum atomic E-state index is 10.6. The Morgan fingerprint density at radius 3 is 2.47 bits per heavy atom. The molecule has 0 saturated carbocycles. The zero-order valence-electron chi connectivity index (χ0n) is 8.80. The summed E-state index contributed by atoms with van der Waals surface area (Å²) in [7, 11) is 0. The zero-order chi connectivity index (χ0) is 11.3. The van der Waals surface area contributed by atoms with E-state index in [0.29, 0.717) is 26.2 Å². The van der Waals surface area contributed by atoms with Crippen LogP contribution >= 0.6 is 0 Å². The third-order valence-electron chi connectivity index (χ3n) is 2.42. The summed E-state index contributed by atoms with van der Waals surface area (Å²) in [6.07, 6.45) is 0.111. The maximum absolute atomic E-state index is 10.6. The Morgan fingerprint density at radius 1 is 1.40 bits per heavy atom. The summed E-state index contributed by atoms with van der Waals surface area (Å²) in [6.45, 7) is 3.90. The van der Waals surface area contributed by atoms with E-state index >= 15 is 0 Å². The highest BCUT2D eigenvalue weighted by Gasteiger charge is 2.38. The van der Waals surface area contributed by atoms with Crippen LogP contribution in [0, 0.1) is 0 Å². The van der Waals surface area contributed by atoms with Gasteiger partial charge in [0.2, 0.25) is 5.91 Å². The van der Waals surface area contributed by atoms with Crippen molar-refractivity contribution in [3.05, 3.63) is 0 Å². The second kappa shape index (κ2) is 5.09. The van der Waals surface area contributed by atoms with Crippen molar-refractivity contribution in [2.75, 3.05) is 26.2 Å². The molecule has 0 aromatic carbocycles. The maximum Gasteiger partial charge on any atom is 0.305 e. The highest BCUT2D eigenvalue weighted by molar-refractivity contribution is 5.72. The van der Waals surface area contributed by atoms with E-state index in [2.05, 4.69) is 16.0 Å². The lowest BCUT2D eigenvalue weighted by Crippen LogP contribution is -2.69. The molecule has 0 aromatic heterocycles. The number of nitrogens with one attached hydrogen (secondary N) is 3. The number of rotatable bonds is 6. The van der Waals surface area contributed by atoms with Crippen LogP contribution in [0.4, 0.5) is 0 Å². The van der Waals surface area contributed by atoms with E-state index in [4.69, 9.17) is 5.11 Å². The molecule has 4 N–H and O–H groups in total. The van der Waals surface area contributed by atoms with Gasteiger partial charge in [-0.1, -0.05) is 0 Å². The Balaban J connectivity index is 2.22. The number of aliphatic carboxylic acids is 1. The van der Waals surface area contributed by atoms with E-state index in [1.165, 1.54) is 6.92 Å². The fourth-order valence-corrected chi connectivity index (χ4v) is 1.59. The van der Waals surface area contributed by atoms with Crippen LogP contribution in [-0.2, 0) is 9.59 Å². The Labute approximate surface area is 88.4 Å². The second-order valence-electron chi connectivity index (χ2n) is 3.86. The molecule has 1 amide bonds. The van der Waals surface area contributed by atoms with Gasteiger partial charge in [-0.25, -0.2) is 0 Å². The van der Waals surface area contributed by atoms with Crippen molar-refractivity contribution in [3.8, 4) is 0 Å². The Kier molecular flexibility index (Phi) is 4.05. The summed E-state index contributed by atoms with van der Waals surface area (Å²) >= 11 is 0. The van der Waals surface area contributed by atoms with Crippen LogP contribution in [0.5, 0.6) is 0 Å². The number of carboxylic acid groups (broad SMARTS) is 1. The third-order valence-corrected chi connectivity index (χ3v) is 2.42. The van der Waals surface area contributed by atoms with Gasteiger partial charge in [0.15, 0.2) is 0 Å². The molecule has 0 aliphatic carbocycles. The number of hydrogen-bond acceptors (Lipinski definition) is 4. The molecule has 1 heterocycles. The molecule has 1 fully saturated rings. The number of carboxylic acids is 1. The molecule has 15 heavy (non-hydrogen) atoms. The smallest absolute Gasteiger partial charge is 0.305 e. The van der Waals surface area contributed by atoms with E-state index in [9.17, 15) is 9.59 Å². The number of carbonyl (C=O) groups excluding carboxylic acids is 1. The molecule has 6 heteroatoms. The minimum Gasteiger partial charge on any atom is -0.481 e. The fourth-order valence-electron chi connectivity index (χ4n) is 1.59. The highest BCUT2D eigenvalue weighted by Crippen LogP contribution is 2.15. The van der Waals surface area contributed by atoms with Crippen molar-refractivity contribution in [1.29, 1.82) is 0 Å². The lowest BCUT2D eigenvalue weighted by Gasteiger charge is -2.42. The van der Waals surface area contributed by atoms with Gasteiger partial charge in [-0.3, -0.25) is 9.59 Å². The minimum absolute atomic E-state index is 0.0733. The fraction of sp³-hybridized carbons (Fsp3) is 0.778. The van der Waals surface area contributed by atoms with Crippen molar-refractivity contribution >= 4 is 11.9 Å². The normalized spacial score (nSPS) is 17.9. The first-order chi connectivity index (χ1) is 7.04. The summed E-state index contributed by atoms with van der Waals surface area (Å²) in [6, 6.07) is 0. The van der Waals surface area contributed by atoms with Gasteiger partial charge < -0.3 is 21.1 Å². The average molecular weight is 215 g/mol. The molecule has 0 unspecified atom stereocenters. The van der Waals surface area contributed by atoms with E-state index in [1.54, 1.807) is 0 Å². The van der Waals surface area contributed by atoms with Crippen LogP contribution in [0.1, 0.15) is 13.3 Å². The van der Waals surface area contributed by atoms with E-state index in [0.717, 1.165) is 0 Å². The van der Waals surface area contributed by atoms with Gasteiger partial charge in [0, 0.05) is 33.1 Å². The number of amides is 1. The van der Waals surface area contributed by atoms with E-state index in [1.807, 2.05) is 0 Å². The molecule has 1 aliphatic heterocycles. The van der Waals surface area contributed by atoms with Gasteiger partial charge in [0.25, 0.3) is 0 Å². The van der Waals surface area contributed by atoms with Crippen molar-refractivity contribution in [2.24, 2.45) is 0 Å². The first-order valence-corrected chi connectivity index (χ1v) is 4.96. The lowest BCUT2D eigenvalue weighted by molar-refractivity contribution is -0.139. The SMILES string of the molecule is CC(=O)NCCNC1(CC(=O)O)CNC1. The zero-order valence-corrected chi connectivity index (χ0v) is 8.80. The molecule has 0 atom stereocenters. The highest BCUT2D eigenvalue weighted by atomic mass is 16.4. The van der Waals surface area contributed by atoms with Crippen molar-refractivity contribution in [3.63, 3.8) is 0 Å². The Bertz CT molecular complexity index is 251. The van der Waals surface area contributed by atoms with Crippen molar-refractivity contribution in [1.82, 2.24) is 16.0 Å². The third kappa shape index (κ3) is 3.85. The quantitative estimate of drug-likeness (QED) is 0.406. The Morgan fingerprint density at radius 2 is 2.07 bits per heavy atom. The molecule has 1 aliphatic rings. The molecule has 86 valence electrons. The molecule has 0 radical (unpaired) electrons. The first-order valence-electron chi connectivity index (χ1n) is 4.96. The number of carbonyl (C=O) groups is 2. The van der Waals surface area contributed by atoms with E-state index < -0.39 is 5.97 Å². The van der Waals surface area contributed by atoms with Gasteiger partial charge in [0.1, 0.15) is 0 Å². The minimum atomic E-state index is -0.802. The van der Waals surface area contributed by atoms with Crippen molar-refractivity contribution in [2.45, 2.75) is 18.9 Å². The predicted octanol–water partition coefficient (Wildman–Crippen LogP) is -1.47. The average Bonchev–Trinajstić information content (AvgIpc) is 2.06. The summed E-state index contributed by atoms with van der Waals surface area (Å²) in [5.74, 6) is -0.876. The second-order valence-corrected chi connectivity index (χ2v) is 3.86. The molecule has 6 nitrogen and oxygen atoms in total. The molecular weight excluding hydrogens is 198 g/mol. The van der Waals surface area contributed by atoms with Crippen molar-refractivity contribution < 1.29 is 14.7 Å². The van der Waals surface area contributed by atoms with Gasteiger partial charge in [-0.2, -0.15) is 0 Å². The standard InChI is InChI=1S/C9H17N3O3/c1-7(13)11-2-3-12-9(4-8(14)15)5-10-6-9/h10,12H,2-6H2,1H3,(H,11,13)(H,14,15). The summed E-state index contributed by atoms with van der Waals surface area (Å²) < 4.78 is 0. The lowest BCUT2D eigenvalue weighted by atomic mass is 9.88. The number of hydrogen-bond donors (Lipinski definition) is 4. The van der Waals surface area contributed by atoms with Crippen LogP contribution in [0.25, 0.3) is 0 Å². The van der Waals surface area contributed by atoms with E-state index in [-0.39, 0.29) is 17.9 Å². The monoisotopic (exact) mass is 215 g/mol. The summed E-state index contributed by atoms with van der Waals surface area (Å²) in [5.41, 5.74) is -0.329. The summed E-state index contributed by atoms with van der Waals surface area (Å²) in [4.78, 5) is 21.2. The molecule has 1 rings (SSSR count). The van der Waals surface area contributed by atoms with Crippen LogP contribution in [0.15, 0.2) is 0 Å². The van der Waals surface area contributed by atoms with Crippen LogP contribution in [0.2, 0.25) is 0 Å². The molecule has 1 saturated heterocycles. The largest absolute Gasteiger partial charge is 0.481 e. The van der Waals surface area contributed by atoms with Gasteiger partial charge in [-0.05, 0) is 0 Å². The van der Waals surface area contributed by atoms with Crippen LogP contribution in [-0.4, -0.2) is 48.7 Å². The van der Waals surface area contributed by atoms with Crippen LogP contribution < -0.4 is 16.0 Å². The van der Waals surface area contributed by atoms with Crippen LogP contribution in [0.3, 0.4) is 0 Å². The summed E-state index contributed by atoms with van der Waals surface area (Å²) in [5, 5.41) is 17.6. The van der Waals surface area contributed by atoms with Gasteiger partial charge >= 0.3 is 5.97 Å². The molecule has 0 aromatic rings. The molecular formula is C9H17N3O3. The molecule has 0 bridgehead atoms. The Hall–Kier alpha value is -1.14. The topological polar surface area (TPSA) is 90.5 Å². The molecule has 0 spiro atoms. The van der Waals surface area contributed by atoms with Gasteiger partial charge in [0.05, 0.1) is 12.0 Å². The first kappa shape index (κ1) is 11.9.